The number of para-hydroxylation sites is 1. The first kappa shape index (κ1) is 17.2. The topological polar surface area (TPSA) is 24.5 Å². The predicted molar refractivity (Wildman–Crippen MR) is 96.5 cm³/mol. The SMILES string of the molecule is COc1ccccc1[C@H](C)N(C)C(=S)Nc1ccc(C)c(F)c1. The van der Waals surface area contributed by atoms with Gasteiger partial charge in [0.1, 0.15) is 11.6 Å². The summed E-state index contributed by atoms with van der Waals surface area (Å²) in [6, 6.07) is 12.8. The van der Waals surface area contributed by atoms with Gasteiger partial charge in [-0.1, -0.05) is 24.3 Å². The summed E-state index contributed by atoms with van der Waals surface area (Å²) in [5.41, 5.74) is 2.28. The molecule has 0 radical (unpaired) electrons. The molecule has 2 aromatic rings. The van der Waals surface area contributed by atoms with E-state index in [9.17, 15) is 4.39 Å². The third-order valence-corrected chi connectivity index (χ3v) is 4.30. The second-order valence-electron chi connectivity index (χ2n) is 5.42. The van der Waals surface area contributed by atoms with Crippen molar-refractivity contribution in [1.82, 2.24) is 4.90 Å². The van der Waals surface area contributed by atoms with Crippen LogP contribution in [0, 0.1) is 12.7 Å². The fraction of sp³-hybridized carbons (Fsp3) is 0.278. The molecular formula is C18H21FN2OS. The molecule has 0 aliphatic heterocycles. The first-order valence-electron chi connectivity index (χ1n) is 7.37. The molecule has 0 bridgehead atoms. The fourth-order valence-corrected chi connectivity index (χ4v) is 2.55. The van der Waals surface area contributed by atoms with Gasteiger partial charge in [0.2, 0.25) is 0 Å². The largest absolute Gasteiger partial charge is 0.496 e. The number of halogens is 1. The van der Waals surface area contributed by atoms with Crippen molar-refractivity contribution in [3.8, 4) is 5.75 Å². The highest BCUT2D eigenvalue weighted by molar-refractivity contribution is 7.80. The fourth-order valence-electron chi connectivity index (χ4n) is 2.28. The number of nitrogens with zero attached hydrogens (tertiary/aromatic N) is 1. The van der Waals surface area contributed by atoms with E-state index < -0.39 is 0 Å². The van der Waals surface area contributed by atoms with Crippen LogP contribution in [0.15, 0.2) is 42.5 Å². The van der Waals surface area contributed by atoms with Crippen molar-refractivity contribution in [3.63, 3.8) is 0 Å². The predicted octanol–water partition coefficient (Wildman–Crippen LogP) is 4.53. The van der Waals surface area contributed by atoms with Crippen molar-refractivity contribution in [2.24, 2.45) is 0 Å². The zero-order valence-corrected chi connectivity index (χ0v) is 14.6. The number of anilines is 1. The minimum absolute atomic E-state index is 0.0152. The summed E-state index contributed by atoms with van der Waals surface area (Å²) in [6.07, 6.45) is 0. The average Bonchev–Trinajstić information content (AvgIpc) is 2.56. The molecule has 0 fully saturated rings. The second kappa shape index (κ2) is 7.42. The number of ether oxygens (including phenoxy) is 1. The molecule has 0 saturated carbocycles. The molecule has 23 heavy (non-hydrogen) atoms. The lowest BCUT2D eigenvalue weighted by atomic mass is 10.1. The van der Waals surface area contributed by atoms with Gasteiger partial charge in [-0.25, -0.2) is 4.39 Å². The van der Waals surface area contributed by atoms with Gasteiger partial charge in [0, 0.05) is 18.3 Å². The van der Waals surface area contributed by atoms with E-state index in [1.165, 1.54) is 6.07 Å². The van der Waals surface area contributed by atoms with Gasteiger partial charge in [0.05, 0.1) is 13.2 Å². The van der Waals surface area contributed by atoms with Crippen molar-refractivity contribution in [1.29, 1.82) is 0 Å². The molecule has 0 amide bonds. The molecule has 5 heteroatoms. The van der Waals surface area contributed by atoms with Crippen molar-refractivity contribution >= 4 is 23.0 Å². The zero-order valence-electron chi connectivity index (χ0n) is 13.8. The third kappa shape index (κ3) is 3.99. The minimum Gasteiger partial charge on any atom is -0.496 e. The summed E-state index contributed by atoms with van der Waals surface area (Å²) < 4.78 is 19.0. The molecule has 0 aliphatic rings. The second-order valence-corrected chi connectivity index (χ2v) is 5.81. The van der Waals surface area contributed by atoms with Crippen LogP contribution in [0.2, 0.25) is 0 Å². The molecule has 0 spiro atoms. The zero-order chi connectivity index (χ0) is 17.0. The molecule has 0 aliphatic carbocycles. The van der Waals surface area contributed by atoms with Gasteiger partial charge in [0.15, 0.2) is 5.11 Å². The van der Waals surface area contributed by atoms with E-state index in [0.717, 1.165) is 11.3 Å². The van der Waals surface area contributed by atoms with Crippen molar-refractivity contribution in [2.75, 3.05) is 19.5 Å². The highest BCUT2D eigenvalue weighted by Crippen LogP contribution is 2.28. The first-order chi connectivity index (χ1) is 10.9. The maximum Gasteiger partial charge on any atom is 0.173 e. The molecule has 1 atom stereocenters. The molecular weight excluding hydrogens is 311 g/mol. The van der Waals surface area contributed by atoms with Crippen LogP contribution < -0.4 is 10.1 Å². The van der Waals surface area contributed by atoms with Crippen LogP contribution in [0.25, 0.3) is 0 Å². The summed E-state index contributed by atoms with van der Waals surface area (Å²) in [5, 5.41) is 3.59. The number of hydrogen-bond acceptors (Lipinski definition) is 2. The Balaban J connectivity index is 2.13. The van der Waals surface area contributed by atoms with E-state index in [-0.39, 0.29) is 11.9 Å². The molecule has 2 aromatic carbocycles. The third-order valence-electron chi connectivity index (χ3n) is 3.91. The standard InChI is InChI=1S/C18H21FN2OS/c1-12-9-10-14(11-16(12)19)20-18(23)21(3)13(2)15-7-5-6-8-17(15)22-4/h5-11,13H,1-4H3,(H,20,23)/t13-/m0/s1. The van der Waals surface area contributed by atoms with Crippen LogP contribution in [0.1, 0.15) is 24.1 Å². The lowest BCUT2D eigenvalue weighted by Crippen LogP contribution is -2.33. The number of rotatable bonds is 4. The van der Waals surface area contributed by atoms with E-state index in [4.69, 9.17) is 17.0 Å². The minimum atomic E-state index is -0.252. The van der Waals surface area contributed by atoms with Crippen LogP contribution in [0.5, 0.6) is 5.75 Å². The Bertz CT molecular complexity index is 705. The number of benzene rings is 2. The maximum atomic E-state index is 13.6. The Morgan fingerprint density at radius 2 is 1.96 bits per heavy atom. The van der Waals surface area contributed by atoms with E-state index in [1.54, 1.807) is 20.1 Å². The van der Waals surface area contributed by atoms with Crippen molar-refractivity contribution in [2.45, 2.75) is 19.9 Å². The molecule has 0 unspecified atom stereocenters. The van der Waals surface area contributed by atoms with Gasteiger partial charge in [-0.2, -0.15) is 0 Å². The molecule has 0 heterocycles. The van der Waals surface area contributed by atoms with Gasteiger partial charge in [-0.15, -0.1) is 0 Å². The summed E-state index contributed by atoms with van der Waals surface area (Å²) >= 11 is 5.44. The lowest BCUT2D eigenvalue weighted by Gasteiger charge is -2.29. The quantitative estimate of drug-likeness (QED) is 0.831. The Morgan fingerprint density at radius 1 is 1.26 bits per heavy atom. The Kier molecular flexibility index (Phi) is 5.55. The highest BCUT2D eigenvalue weighted by atomic mass is 32.1. The summed E-state index contributed by atoms with van der Waals surface area (Å²) in [6.45, 7) is 3.77. The van der Waals surface area contributed by atoms with Gasteiger partial charge in [-0.3, -0.25) is 0 Å². The maximum absolute atomic E-state index is 13.6. The van der Waals surface area contributed by atoms with Crippen LogP contribution in [-0.2, 0) is 0 Å². The monoisotopic (exact) mass is 332 g/mol. The van der Waals surface area contributed by atoms with Crippen LogP contribution in [0.3, 0.4) is 0 Å². The van der Waals surface area contributed by atoms with E-state index in [1.807, 2.05) is 49.2 Å². The molecule has 1 N–H and O–H groups in total. The Labute approximate surface area is 142 Å². The van der Waals surface area contributed by atoms with Crippen LogP contribution in [0.4, 0.5) is 10.1 Å². The smallest absolute Gasteiger partial charge is 0.173 e. The normalized spacial score (nSPS) is 11.7. The first-order valence-corrected chi connectivity index (χ1v) is 7.77. The molecule has 0 aromatic heterocycles. The number of hydrogen-bond donors (Lipinski definition) is 1. The molecule has 3 nitrogen and oxygen atoms in total. The van der Waals surface area contributed by atoms with E-state index >= 15 is 0 Å². The molecule has 122 valence electrons. The highest BCUT2D eigenvalue weighted by Gasteiger charge is 2.18. The summed E-state index contributed by atoms with van der Waals surface area (Å²) in [5.74, 6) is 0.564. The van der Waals surface area contributed by atoms with Gasteiger partial charge in [-0.05, 0) is 49.8 Å². The van der Waals surface area contributed by atoms with Gasteiger partial charge >= 0.3 is 0 Å². The number of thiocarbonyl (C=S) groups is 1. The number of nitrogens with one attached hydrogen (secondary N) is 1. The Hall–Kier alpha value is -2.14. The van der Waals surface area contributed by atoms with Crippen molar-refractivity contribution in [3.05, 3.63) is 59.4 Å². The number of aryl methyl sites for hydroxylation is 1. The molecule has 0 saturated heterocycles. The summed E-state index contributed by atoms with van der Waals surface area (Å²) in [4.78, 5) is 1.92. The Morgan fingerprint density at radius 3 is 2.61 bits per heavy atom. The lowest BCUT2D eigenvalue weighted by molar-refractivity contribution is 0.368. The van der Waals surface area contributed by atoms with Crippen LogP contribution in [-0.4, -0.2) is 24.2 Å². The number of methoxy groups -OCH3 is 1. The van der Waals surface area contributed by atoms with Crippen LogP contribution >= 0.6 is 12.2 Å². The van der Waals surface area contributed by atoms with Crippen molar-refractivity contribution < 1.29 is 9.13 Å². The summed E-state index contributed by atoms with van der Waals surface area (Å²) in [7, 11) is 3.55. The van der Waals surface area contributed by atoms with E-state index in [2.05, 4.69) is 5.32 Å². The van der Waals surface area contributed by atoms with Gasteiger partial charge < -0.3 is 15.0 Å². The molecule has 2 rings (SSSR count). The average molecular weight is 332 g/mol. The van der Waals surface area contributed by atoms with E-state index in [0.29, 0.717) is 16.4 Å². The van der Waals surface area contributed by atoms with Gasteiger partial charge in [0.25, 0.3) is 0 Å².